The van der Waals surface area contributed by atoms with Crippen molar-refractivity contribution in [2.75, 3.05) is 0 Å². The number of hydrogen-bond acceptors (Lipinski definition) is 1. The van der Waals surface area contributed by atoms with Crippen LogP contribution in [0.1, 0.15) is 6.92 Å². The molecule has 2 nitrogen and oxygen atoms in total. The van der Waals surface area contributed by atoms with Gasteiger partial charge in [-0.15, -0.1) is 0 Å². The van der Waals surface area contributed by atoms with E-state index < -0.39 is 12.9 Å². The van der Waals surface area contributed by atoms with Gasteiger partial charge in [0.15, 0.2) is 0 Å². The van der Waals surface area contributed by atoms with E-state index in [1.807, 2.05) is 0 Å². The summed E-state index contributed by atoms with van der Waals surface area (Å²) in [7, 11) is 0. The number of amides is 1. The van der Waals surface area contributed by atoms with Crippen LogP contribution >= 0.6 is 19.7 Å². The Balaban J connectivity index is 3.13. The predicted octanol–water partition coefficient (Wildman–Crippen LogP) is 0.676. The van der Waals surface area contributed by atoms with Crippen molar-refractivity contribution in [1.82, 2.24) is 4.02 Å². The van der Waals surface area contributed by atoms with Crippen molar-refractivity contribution in [2.45, 2.75) is 12.4 Å². The van der Waals surface area contributed by atoms with Gasteiger partial charge < -0.3 is 0 Å². The number of carbonyl (C=O) groups excluding carboxylic acids is 1. The zero-order chi connectivity index (χ0) is 5.86. The average Bonchev–Trinajstić information content (AvgIpc) is 1.27. The summed E-state index contributed by atoms with van der Waals surface area (Å²) in [5.41, 5.74) is 2.11. The first-order chi connectivity index (χ1) is 3.13. The van der Waals surface area contributed by atoms with Gasteiger partial charge in [-0.1, -0.05) is 0 Å². The van der Waals surface area contributed by atoms with Gasteiger partial charge in [-0.3, -0.25) is 0 Å². The molecule has 0 unspecified atom stereocenters. The molecule has 0 saturated heterocycles. The Bertz CT molecular complexity index is 75.3. The molecule has 0 heterocycles. The Morgan fingerprint density at radius 1 is 1.86 bits per heavy atom. The predicted molar refractivity (Wildman–Crippen MR) is 39.5 cm³/mol. The van der Waals surface area contributed by atoms with Crippen molar-refractivity contribution in [3.05, 3.63) is 0 Å². The van der Waals surface area contributed by atoms with Crippen LogP contribution in [-0.2, 0) is 4.79 Å². The minimum absolute atomic E-state index is 0.113. The third-order valence-electron chi connectivity index (χ3n) is 0.402. The molecule has 0 aromatic heterocycles. The van der Waals surface area contributed by atoms with Crippen molar-refractivity contribution in [3.63, 3.8) is 0 Å². The quantitative estimate of drug-likeness (QED) is 0.550. The molecule has 0 bridgehead atoms. The molecule has 40 valence electrons. The van der Waals surface area contributed by atoms with Gasteiger partial charge in [0, 0.05) is 0 Å². The monoisotopic (exact) mass is 269 g/mol. The second kappa shape index (κ2) is 3.79. The minimum atomic E-state index is -1.24. The Kier molecular flexibility index (Phi) is 4.25. The Hall–Kier alpha value is 0.836. The Morgan fingerprint density at radius 2 is 2.29 bits per heavy atom. The summed E-state index contributed by atoms with van der Waals surface area (Å²) in [4.78, 5) is 10.2. The van der Waals surface area contributed by atoms with Crippen LogP contribution in [0.4, 0.5) is 0 Å². The van der Waals surface area contributed by atoms with Crippen LogP contribution in [0.5, 0.6) is 0 Å². The SMILES string of the molecule is CC(=O)[NH][Ga]([CH3])[I]. The fourth-order valence-corrected chi connectivity index (χ4v) is 3.73. The van der Waals surface area contributed by atoms with E-state index in [0.29, 0.717) is 0 Å². The average molecular weight is 270 g/mol. The number of carbonyl (C=O) groups is 1. The second-order valence-corrected chi connectivity index (χ2v) is 14.2. The first-order valence-corrected chi connectivity index (χ1v) is 13.1. The molecule has 0 aliphatic rings. The number of nitrogens with one attached hydrogen (secondary N) is 1. The van der Waals surface area contributed by atoms with E-state index in [-0.39, 0.29) is 5.91 Å². The Labute approximate surface area is 59.5 Å². The van der Waals surface area contributed by atoms with Crippen LogP contribution in [0.3, 0.4) is 0 Å². The van der Waals surface area contributed by atoms with E-state index in [1.165, 1.54) is 0 Å². The molecule has 1 amide bonds. The summed E-state index contributed by atoms with van der Waals surface area (Å²) >= 11 is 1.07. The van der Waals surface area contributed by atoms with Crippen LogP contribution in [-0.4, -0.2) is 18.8 Å². The van der Waals surface area contributed by atoms with Crippen LogP contribution in [0.25, 0.3) is 0 Å². The van der Waals surface area contributed by atoms with Crippen molar-refractivity contribution in [3.8, 4) is 0 Å². The van der Waals surface area contributed by atoms with Gasteiger partial charge in [0.1, 0.15) is 0 Å². The van der Waals surface area contributed by atoms with Crippen molar-refractivity contribution in [2.24, 2.45) is 0 Å². The first kappa shape index (κ1) is 7.84. The molecule has 7 heavy (non-hydrogen) atoms. The zero-order valence-corrected chi connectivity index (χ0v) is 8.94. The van der Waals surface area contributed by atoms with E-state index in [0.717, 1.165) is 0 Å². The van der Waals surface area contributed by atoms with Gasteiger partial charge in [-0.2, -0.15) is 0 Å². The molecule has 0 aromatic rings. The van der Waals surface area contributed by atoms with Gasteiger partial charge >= 0.3 is 59.7 Å². The van der Waals surface area contributed by atoms with E-state index in [2.05, 4.69) is 29.2 Å². The molecule has 0 aliphatic heterocycles. The van der Waals surface area contributed by atoms with Gasteiger partial charge in [0.25, 0.3) is 0 Å². The molecular weight excluding hydrogens is 263 g/mol. The number of halogens is 1. The fourth-order valence-electron chi connectivity index (χ4n) is 0.280. The maximum absolute atomic E-state index is 10.2. The molecular formula is C3H7GaINO. The summed E-state index contributed by atoms with van der Waals surface area (Å²) in [6.07, 6.45) is 0. The van der Waals surface area contributed by atoms with Crippen molar-refractivity contribution in [1.29, 1.82) is 0 Å². The summed E-state index contributed by atoms with van der Waals surface area (Å²) < 4.78 is 2.84. The standard InChI is InChI=1S/C2H5NO.CH3.Ga.HI/c1-2(3)4;;;/h1H3,(H2,3,4);1H3;;1H/q;;+2;/p-2. The van der Waals surface area contributed by atoms with Crippen LogP contribution in [0, 0.1) is 0 Å². The molecule has 4 heteroatoms. The summed E-state index contributed by atoms with van der Waals surface area (Å²) in [5.74, 6) is 0.113. The summed E-state index contributed by atoms with van der Waals surface area (Å²) in [6, 6.07) is 0. The molecule has 0 fully saturated rings. The third-order valence-corrected chi connectivity index (χ3v) is 3.71. The third kappa shape index (κ3) is 6.84. The number of rotatable bonds is 1. The number of hydrogen-bond donors (Lipinski definition) is 1. The van der Waals surface area contributed by atoms with Crippen LogP contribution in [0.2, 0.25) is 5.48 Å². The van der Waals surface area contributed by atoms with Crippen LogP contribution < -0.4 is 4.02 Å². The van der Waals surface area contributed by atoms with E-state index >= 15 is 0 Å². The van der Waals surface area contributed by atoms with Crippen molar-refractivity contribution >= 4 is 38.5 Å². The molecule has 0 aromatic carbocycles. The molecule has 0 saturated carbocycles. The topological polar surface area (TPSA) is 29.1 Å². The van der Waals surface area contributed by atoms with Gasteiger partial charge in [0.05, 0.1) is 0 Å². The second-order valence-electron chi connectivity index (χ2n) is 1.32. The van der Waals surface area contributed by atoms with Gasteiger partial charge in [-0.05, 0) is 0 Å². The summed E-state index contributed by atoms with van der Waals surface area (Å²) in [6.45, 7) is 1.56. The molecule has 0 aliphatic carbocycles. The summed E-state index contributed by atoms with van der Waals surface area (Å²) in [5, 5.41) is 0. The van der Waals surface area contributed by atoms with Crippen LogP contribution in [0.15, 0.2) is 0 Å². The molecule has 0 radical (unpaired) electrons. The molecule has 0 spiro atoms. The normalized spacial score (nSPS) is 7.86. The van der Waals surface area contributed by atoms with Crippen molar-refractivity contribution < 1.29 is 4.79 Å². The van der Waals surface area contributed by atoms with E-state index in [9.17, 15) is 4.79 Å². The molecule has 1 N–H and O–H groups in total. The molecule has 0 rings (SSSR count). The van der Waals surface area contributed by atoms with Gasteiger partial charge in [-0.25, -0.2) is 0 Å². The van der Waals surface area contributed by atoms with E-state index in [1.54, 1.807) is 6.92 Å². The fraction of sp³-hybridized carbons (Fsp3) is 0.667. The zero-order valence-electron chi connectivity index (χ0n) is 4.36. The maximum atomic E-state index is 10.2. The van der Waals surface area contributed by atoms with E-state index in [4.69, 9.17) is 0 Å². The van der Waals surface area contributed by atoms with Gasteiger partial charge in [0.2, 0.25) is 0 Å². The molecule has 0 atom stereocenters. The Morgan fingerprint density at radius 3 is 2.29 bits per heavy atom. The first-order valence-electron chi connectivity index (χ1n) is 2.04.